The summed E-state index contributed by atoms with van der Waals surface area (Å²) in [5, 5.41) is 11.9. The highest BCUT2D eigenvalue weighted by molar-refractivity contribution is 5.43. The number of ether oxygens (including phenoxy) is 2. The summed E-state index contributed by atoms with van der Waals surface area (Å²) in [7, 11) is 7.44. The van der Waals surface area contributed by atoms with E-state index in [4.69, 9.17) is 9.47 Å². The van der Waals surface area contributed by atoms with Gasteiger partial charge in [-0.3, -0.25) is 0 Å². The van der Waals surface area contributed by atoms with Crippen molar-refractivity contribution in [3.63, 3.8) is 0 Å². The molecule has 6 nitrogen and oxygen atoms in total. The molecule has 0 aliphatic carbocycles. The highest BCUT2D eigenvalue weighted by Crippen LogP contribution is 2.38. The van der Waals surface area contributed by atoms with E-state index >= 15 is 0 Å². The van der Waals surface area contributed by atoms with E-state index in [1.165, 1.54) is 0 Å². The standard InChI is InChI=1S/C16H26N4O2/c1-17-7-8-20(2)11-12-10-18-19-16(12)14-6-5-13(21-3)9-15(14)22-4/h5-6,9,12,16-17H,7-8,10-11H2,1-4H3. The number of likely N-dealkylation sites (N-methyl/N-ethyl adjacent to an activating group) is 2. The van der Waals surface area contributed by atoms with Gasteiger partial charge in [-0.15, -0.1) is 0 Å². The maximum Gasteiger partial charge on any atom is 0.127 e. The van der Waals surface area contributed by atoms with Crippen molar-refractivity contribution in [1.29, 1.82) is 0 Å². The van der Waals surface area contributed by atoms with Crippen LogP contribution in [0.15, 0.2) is 28.4 Å². The lowest BCUT2D eigenvalue weighted by Gasteiger charge is -2.24. The molecule has 0 saturated heterocycles. The summed E-state index contributed by atoms with van der Waals surface area (Å²) < 4.78 is 10.8. The molecule has 1 heterocycles. The second-order valence-electron chi connectivity index (χ2n) is 5.62. The molecule has 0 fully saturated rings. The molecular formula is C16H26N4O2. The SMILES string of the molecule is CNCCN(C)CC1CN=NC1c1ccc(OC)cc1OC. The Bertz CT molecular complexity index is 507. The van der Waals surface area contributed by atoms with Crippen molar-refractivity contribution in [3.05, 3.63) is 23.8 Å². The van der Waals surface area contributed by atoms with Crippen LogP contribution in [0, 0.1) is 5.92 Å². The van der Waals surface area contributed by atoms with Gasteiger partial charge in [-0.05, 0) is 26.2 Å². The average Bonchev–Trinajstić information content (AvgIpc) is 3.00. The van der Waals surface area contributed by atoms with E-state index in [2.05, 4.69) is 27.5 Å². The molecule has 1 aromatic carbocycles. The maximum atomic E-state index is 5.51. The van der Waals surface area contributed by atoms with E-state index in [1.807, 2.05) is 25.2 Å². The van der Waals surface area contributed by atoms with Crippen LogP contribution < -0.4 is 14.8 Å². The molecule has 0 radical (unpaired) electrons. The molecule has 0 aromatic heterocycles. The summed E-state index contributed by atoms with van der Waals surface area (Å²) in [5.41, 5.74) is 1.08. The number of benzene rings is 1. The fourth-order valence-electron chi connectivity index (χ4n) is 2.76. The first-order valence-corrected chi connectivity index (χ1v) is 7.61. The van der Waals surface area contributed by atoms with Crippen LogP contribution >= 0.6 is 0 Å². The molecule has 0 amide bonds. The van der Waals surface area contributed by atoms with Gasteiger partial charge in [0.15, 0.2) is 0 Å². The Labute approximate surface area is 132 Å². The Balaban J connectivity index is 2.11. The van der Waals surface area contributed by atoms with Gasteiger partial charge in [-0.1, -0.05) is 0 Å². The lowest BCUT2D eigenvalue weighted by molar-refractivity contribution is 0.269. The van der Waals surface area contributed by atoms with Crippen molar-refractivity contribution in [3.8, 4) is 11.5 Å². The monoisotopic (exact) mass is 306 g/mol. The van der Waals surface area contributed by atoms with E-state index in [0.717, 1.165) is 43.2 Å². The summed E-state index contributed by atoms with van der Waals surface area (Å²) in [6.45, 7) is 3.73. The molecule has 1 aliphatic rings. The van der Waals surface area contributed by atoms with Crippen molar-refractivity contribution in [2.45, 2.75) is 6.04 Å². The molecule has 2 unspecified atom stereocenters. The molecule has 1 aliphatic heterocycles. The Kier molecular flexibility index (Phi) is 6.15. The van der Waals surface area contributed by atoms with Crippen LogP contribution in [0.3, 0.4) is 0 Å². The number of hydrogen-bond acceptors (Lipinski definition) is 6. The largest absolute Gasteiger partial charge is 0.497 e. The first-order chi connectivity index (χ1) is 10.7. The molecule has 122 valence electrons. The molecule has 0 spiro atoms. The lowest BCUT2D eigenvalue weighted by atomic mass is 9.93. The zero-order valence-electron chi connectivity index (χ0n) is 13.9. The molecular weight excluding hydrogens is 280 g/mol. The van der Waals surface area contributed by atoms with Crippen molar-refractivity contribution in [2.75, 3.05) is 54.5 Å². The van der Waals surface area contributed by atoms with Crippen LogP contribution in [-0.4, -0.2) is 59.4 Å². The van der Waals surface area contributed by atoms with Crippen LogP contribution in [0.25, 0.3) is 0 Å². The van der Waals surface area contributed by atoms with Gasteiger partial charge in [-0.2, -0.15) is 10.2 Å². The fraction of sp³-hybridized carbons (Fsp3) is 0.625. The van der Waals surface area contributed by atoms with E-state index < -0.39 is 0 Å². The van der Waals surface area contributed by atoms with Crippen LogP contribution in [0.5, 0.6) is 11.5 Å². The predicted octanol–water partition coefficient (Wildman–Crippen LogP) is 1.98. The second-order valence-corrected chi connectivity index (χ2v) is 5.62. The van der Waals surface area contributed by atoms with Gasteiger partial charge in [0.25, 0.3) is 0 Å². The lowest BCUT2D eigenvalue weighted by Crippen LogP contribution is -2.33. The summed E-state index contributed by atoms with van der Waals surface area (Å²) in [6, 6.07) is 5.95. The molecule has 6 heteroatoms. The van der Waals surface area contributed by atoms with Gasteiger partial charge < -0.3 is 19.7 Å². The summed E-state index contributed by atoms with van der Waals surface area (Å²) in [6.07, 6.45) is 0. The topological polar surface area (TPSA) is 58.5 Å². The molecule has 2 atom stereocenters. The summed E-state index contributed by atoms with van der Waals surface area (Å²) in [4.78, 5) is 2.32. The van der Waals surface area contributed by atoms with Gasteiger partial charge in [-0.25, -0.2) is 0 Å². The summed E-state index contributed by atoms with van der Waals surface area (Å²) >= 11 is 0. The second kappa shape index (κ2) is 8.10. The van der Waals surface area contributed by atoms with Crippen LogP contribution in [0.1, 0.15) is 11.6 Å². The molecule has 22 heavy (non-hydrogen) atoms. The average molecular weight is 306 g/mol. The van der Waals surface area contributed by atoms with E-state index in [9.17, 15) is 0 Å². The van der Waals surface area contributed by atoms with Crippen molar-refractivity contribution >= 4 is 0 Å². The van der Waals surface area contributed by atoms with Gasteiger partial charge in [0.2, 0.25) is 0 Å². The Morgan fingerprint density at radius 3 is 2.82 bits per heavy atom. The third kappa shape index (κ3) is 3.96. The van der Waals surface area contributed by atoms with Gasteiger partial charge in [0.1, 0.15) is 17.5 Å². The number of nitrogens with zero attached hydrogens (tertiary/aromatic N) is 3. The van der Waals surface area contributed by atoms with E-state index in [0.29, 0.717) is 5.92 Å². The van der Waals surface area contributed by atoms with Crippen molar-refractivity contribution in [2.24, 2.45) is 16.1 Å². The number of hydrogen-bond donors (Lipinski definition) is 1. The molecule has 2 rings (SSSR count). The zero-order chi connectivity index (χ0) is 15.9. The highest BCUT2D eigenvalue weighted by Gasteiger charge is 2.30. The molecule has 0 bridgehead atoms. The normalized spacial score (nSPS) is 20.6. The van der Waals surface area contributed by atoms with Gasteiger partial charge >= 0.3 is 0 Å². The zero-order valence-corrected chi connectivity index (χ0v) is 13.9. The predicted molar refractivity (Wildman–Crippen MR) is 86.9 cm³/mol. The number of azo groups is 1. The minimum atomic E-state index is 0.0536. The van der Waals surface area contributed by atoms with Crippen LogP contribution in [0.4, 0.5) is 0 Å². The van der Waals surface area contributed by atoms with Crippen LogP contribution in [0.2, 0.25) is 0 Å². The van der Waals surface area contributed by atoms with E-state index in [-0.39, 0.29) is 6.04 Å². The minimum absolute atomic E-state index is 0.0536. The Hall–Kier alpha value is -1.66. The molecule has 0 saturated carbocycles. The van der Waals surface area contributed by atoms with Crippen LogP contribution in [-0.2, 0) is 0 Å². The summed E-state index contributed by atoms with van der Waals surface area (Å²) in [5.74, 6) is 1.98. The first kappa shape index (κ1) is 16.7. The number of rotatable bonds is 8. The third-order valence-electron chi connectivity index (χ3n) is 4.02. The third-order valence-corrected chi connectivity index (χ3v) is 4.02. The van der Waals surface area contributed by atoms with Crippen molar-refractivity contribution in [1.82, 2.24) is 10.2 Å². The number of nitrogens with one attached hydrogen (secondary N) is 1. The van der Waals surface area contributed by atoms with Gasteiger partial charge in [0, 0.05) is 37.2 Å². The molecule has 1 aromatic rings. The minimum Gasteiger partial charge on any atom is -0.497 e. The first-order valence-electron chi connectivity index (χ1n) is 7.61. The molecule has 1 N–H and O–H groups in total. The Morgan fingerprint density at radius 1 is 1.32 bits per heavy atom. The highest BCUT2D eigenvalue weighted by atomic mass is 16.5. The number of methoxy groups -OCH3 is 2. The Morgan fingerprint density at radius 2 is 2.14 bits per heavy atom. The smallest absolute Gasteiger partial charge is 0.127 e. The van der Waals surface area contributed by atoms with E-state index in [1.54, 1.807) is 14.2 Å². The quantitative estimate of drug-likeness (QED) is 0.798. The fourth-order valence-corrected chi connectivity index (χ4v) is 2.76. The van der Waals surface area contributed by atoms with Crippen molar-refractivity contribution < 1.29 is 9.47 Å². The maximum absolute atomic E-state index is 5.51. The van der Waals surface area contributed by atoms with Gasteiger partial charge in [0.05, 0.1) is 20.8 Å².